The lowest BCUT2D eigenvalue weighted by Crippen LogP contribution is -2.41. The van der Waals surface area contributed by atoms with Crippen LogP contribution in [0.2, 0.25) is 0 Å². The maximum atomic E-state index is 10.4. The molecule has 1 amide bonds. The lowest BCUT2D eigenvalue weighted by atomic mass is 10.5. The summed E-state index contributed by atoms with van der Waals surface area (Å²) < 4.78 is 4.58. The molecule has 3 N–H and O–H groups in total. The van der Waals surface area contributed by atoms with Gasteiger partial charge in [0.1, 0.15) is 6.26 Å². The van der Waals surface area contributed by atoms with Gasteiger partial charge in [0, 0.05) is 6.20 Å². The molecule has 1 aliphatic rings. The molecular weight excluding hydrogens is 108 g/mol. The number of hydrogen-bond acceptors (Lipinski definition) is 3. The number of nitrogens with two attached hydrogens (primary N) is 1. The number of amides is 1. The smallest absolute Gasteiger partial charge is 0.280 e. The average molecular weight is 114 g/mol. The summed E-state index contributed by atoms with van der Waals surface area (Å²) in [5, 5.41) is 2.36. The zero-order valence-corrected chi connectivity index (χ0v) is 4.13. The lowest BCUT2D eigenvalue weighted by Gasteiger charge is -2.12. The van der Waals surface area contributed by atoms with E-state index in [1.54, 1.807) is 0 Å². The Kier molecular flexibility index (Phi) is 1.17. The van der Waals surface area contributed by atoms with E-state index in [0.717, 1.165) is 0 Å². The second-order valence-corrected chi connectivity index (χ2v) is 1.37. The highest BCUT2D eigenvalue weighted by Gasteiger charge is 2.13. The predicted octanol–water partition coefficient (Wildman–Crippen LogP) is -1.11. The SMILES string of the molecule is NC1OC=CNC1=O. The van der Waals surface area contributed by atoms with Crippen LogP contribution in [-0.4, -0.2) is 12.1 Å². The summed E-state index contributed by atoms with van der Waals surface area (Å²) in [4.78, 5) is 10.4. The molecule has 8 heavy (non-hydrogen) atoms. The molecule has 0 saturated carbocycles. The molecule has 0 aromatic heterocycles. The molecule has 0 aromatic rings. The van der Waals surface area contributed by atoms with Crippen LogP contribution in [0, 0.1) is 0 Å². The first-order chi connectivity index (χ1) is 3.80. The van der Waals surface area contributed by atoms with Crippen molar-refractivity contribution in [2.75, 3.05) is 0 Å². The van der Waals surface area contributed by atoms with Crippen molar-refractivity contribution in [3.05, 3.63) is 12.5 Å². The number of rotatable bonds is 0. The van der Waals surface area contributed by atoms with Crippen molar-refractivity contribution in [3.8, 4) is 0 Å². The molecule has 4 heteroatoms. The third kappa shape index (κ3) is 0.788. The highest BCUT2D eigenvalue weighted by Crippen LogP contribution is 1.89. The van der Waals surface area contributed by atoms with E-state index in [0.29, 0.717) is 0 Å². The number of hydrogen-bond donors (Lipinski definition) is 2. The van der Waals surface area contributed by atoms with Gasteiger partial charge < -0.3 is 10.1 Å². The van der Waals surface area contributed by atoms with Crippen LogP contribution in [0.5, 0.6) is 0 Å². The van der Waals surface area contributed by atoms with E-state index < -0.39 is 6.23 Å². The van der Waals surface area contributed by atoms with Crippen LogP contribution in [0.1, 0.15) is 0 Å². The Morgan fingerprint density at radius 3 is 3.00 bits per heavy atom. The summed E-state index contributed by atoms with van der Waals surface area (Å²) in [5.41, 5.74) is 5.09. The molecule has 4 nitrogen and oxygen atoms in total. The first kappa shape index (κ1) is 5.11. The van der Waals surface area contributed by atoms with Crippen molar-refractivity contribution in [2.24, 2.45) is 5.73 Å². The van der Waals surface area contributed by atoms with E-state index in [1.165, 1.54) is 12.5 Å². The normalized spacial score (nSPS) is 26.6. The van der Waals surface area contributed by atoms with Crippen molar-refractivity contribution in [1.29, 1.82) is 0 Å². The summed E-state index contributed by atoms with van der Waals surface area (Å²) in [7, 11) is 0. The van der Waals surface area contributed by atoms with Gasteiger partial charge in [0.25, 0.3) is 5.91 Å². The van der Waals surface area contributed by atoms with Gasteiger partial charge in [-0.25, -0.2) is 0 Å². The summed E-state index contributed by atoms with van der Waals surface area (Å²) in [6.07, 6.45) is 1.90. The number of ether oxygens (including phenoxy) is 1. The zero-order chi connectivity index (χ0) is 5.98. The van der Waals surface area contributed by atoms with Gasteiger partial charge >= 0.3 is 0 Å². The molecule has 1 heterocycles. The monoisotopic (exact) mass is 114 g/mol. The highest BCUT2D eigenvalue weighted by molar-refractivity contribution is 5.81. The molecule has 1 unspecified atom stereocenters. The molecule has 0 bridgehead atoms. The van der Waals surface area contributed by atoms with Crippen molar-refractivity contribution < 1.29 is 9.53 Å². The minimum Gasteiger partial charge on any atom is -0.472 e. The Morgan fingerprint density at radius 2 is 2.62 bits per heavy atom. The fraction of sp³-hybridized carbons (Fsp3) is 0.250. The second-order valence-electron chi connectivity index (χ2n) is 1.37. The van der Waals surface area contributed by atoms with Crippen LogP contribution >= 0.6 is 0 Å². The first-order valence-corrected chi connectivity index (χ1v) is 2.17. The number of carbonyl (C=O) groups is 1. The van der Waals surface area contributed by atoms with Crippen LogP contribution in [-0.2, 0) is 9.53 Å². The Morgan fingerprint density at radius 1 is 1.88 bits per heavy atom. The van der Waals surface area contributed by atoms with Gasteiger partial charge in [0.05, 0.1) is 0 Å². The van der Waals surface area contributed by atoms with E-state index in [-0.39, 0.29) is 5.91 Å². The van der Waals surface area contributed by atoms with E-state index in [4.69, 9.17) is 5.73 Å². The van der Waals surface area contributed by atoms with Gasteiger partial charge in [-0.05, 0) is 0 Å². The van der Waals surface area contributed by atoms with Gasteiger partial charge in [-0.2, -0.15) is 0 Å². The van der Waals surface area contributed by atoms with Gasteiger partial charge in [-0.1, -0.05) is 0 Å². The summed E-state index contributed by atoms with van der Waals surface area (Å²) >= 11 is 0. The Labute approximate surface area is 46.3 Å². The fourth-order valence-corrected chi connectivity index (χ4v) is 0.384. The molecule has 0 fully saturated rings. The van der Waals surface area contributed by atoms with E-state index in [2.05, 4.69) is 10.1 Å². The molecule has 1 aliphatic heterocycles. The summed E-state index contributed by atoms with van der Waals surface area (Å²) in [6, 6.07) is 0. The highest BCUT2D eigenvalue weighted by atomic mass is 16.5. The maximum absolute atomic E-state index is 10.4. The van der Waals surface area contributed by atoms with Crippen LogP contribution in [0.3, 0.4) is 0 Å². The molecule has 0 spiro atoms. The zero-order valence-electron chi connectivity index (χ0n) is 4.13. The molecule has 0 radical (unpaired) electrons. The third-order valence-electron chi connectivity index (χ3n) is 0.777. The molecular formula is C4H6N2O2. The summed E-state index contributed by atoms with van der Waals surface area (Å²) in [6.45, 7) is 0. The van der Waals surface area contributed by atoms with Gasteiger partial charge in [0.15, 0.2) is 0 Å². The largest absolute Gasteiger partial charge is 0.472 e. The lowest BCUT2D eigenvalue weighted by molar-refractivity contribution is -0.129. The van der Waals surface area contributed by atoms with E-state index in [1.807, 2.05) is 0 Å². The maximum Gasteiger partial charge on any atom is 0.280 e. The Balaban J connectivity index is 2.57. The molecule has 0 saturated heterocycles. The van der Waals surface area contributed by atoms with Gasteiger partial charge in [-0.3, -0.25) is 10.5 Å². The van der Waals surface area contributed by atoms with Gasteiger partial charge in [-0.15, -0.1) is 0 Å². The standard InChI is InChI=1S/C4H6N2O2/c5-3-4(7)6-1-2-8-3/h1-3H,5H2,(H,6,7). The predicted molar refractivity (Wildman–Crippen MR) is 26.3 cm³/mol. The minimum absolute atomic E-state index is 0.312. The summed E-state index contributed by atoms with van der Waals surface area (Å²) in [5.74, 6) is -0.312. The topological polar surface area (TPSA) is 64.3 Å². The molecule has 0 aliphatic carbocycles. The number of carbonyl (C=O) groups excluding carboxylic acids is 1. The minimum atomic E-state index is -0.833. The van der Waals surface area contributed by atoms with Crippen molar-refractivity contribution >= 4 is 5.91 Å². The first-order valence-electron chi connectivity index (χ1n) is 2.17. The molecule has 1 atom stereocenters. The van der Waals surface area contributed by atoms with Crippen molar-refractivity contribution in [3.63, 3.8) is 0 Å². The van der Waals surface area contributed by atoms with Crippen LogP contribution in [0.15, 0.2) is 12.5 Å². The van der Waals surface area contributed by atoms with Crippen LogP contribution in [0.4, 0.5) is 0 Å². The molecule has 0 aromatic carbocycles. The van der Waals surface area contributed by atoms with Crippen LogP contribution < -0.4 is 11.1 Å². The average Bonchev–Trinajstić information content (AvgIpc) is 1.77. The molecule has 44 valence electrons. The van der Waals surface area contributed by atoms with Crippen molar-refractivity contribution in [2.45, 2.75) is 6.23 Å². The number of nitrogens with one attached hydrogen (secondary N) is 1. The Bertz CT molecular complexity index is 132. The second kappa shape index (κ2) is 1.83. The van der Waals surface area contributed by atoms with E-state index in [9.17, 15) is 4.79 Å². The quantitative estimate of drug-likeness (QED) is 0.419. The van der Waals surface area contributed by atoms with Crippen LogP contribution in [0.25, 0.3) is 0 Å². The fourth-order valence-electron chi connectivity index (χ4n) is 0.384. The van der Waals surface area contributed by atoms with Crippen molar-refractivity contribution in [1.82, 2.24) is 5.32 Å². The molecule has 1 rings (SSSR count). The Hall–Kier alpha value is -1.03. The third-order valence-corrected chi connectivity index (χ3v) is 0.777. The van der Waals surface area contributed by atoms with E-state index >= 15 is 0 Å². The van der Waals surface area contributed by atoms with Gasteiger partial charge in [0.2, 0.25) is 6.23 Å².